The highest BCUT2D eigenvalue weighted by atomic mass is 32.1. The lowest BCUT2D eigenvalue weighted by atomic mass is 10.3. The molecule has 0 unspecified atom stereocenters. The fourth-order valence-electron chi connectivity index (χ4n) is 0.721. The molecule has 0 rings (SSSR count). The van der Waals surface area contributed by atoms with E-state index in [2.05, 4.69) is 38.3 Å². The van der Waals surface area contributed by atoms with E-state index in [1.54, 1.807) is 0 Å². The van der Waals surface area contributed by atoms with E-state index in [0.29, 0.717) is 10.4 Å². The van der Waals surface area contributed by atoms with Gasteiger partial charge >= 0.3 is 0 Å². The van der Waals surface area contributed by atoms with E-state index < -0.39 is 0 Å². The van der Waals surface area contributed by atoms with Crippen LogP contribution in [0.15, 0.2) is 0 Å². The van der Waals surface area contributed by atoms with Crippen LogP contribution in [-0.4, -0.2) is 21.8 Å². The monoisotopic (exact) mass is 163 g/mol. The molecule has 0 aromatic rings. The lowest BCUT2D eigenvalue weighted by molar-refractivity contribution is 0.380. The Labute approximate surface area is 67.8 Å². The van der Waals surface area contributed by atoms with E-state index in [1.807, 2.05) is 0 Å². The summed E-state index contributed by atoms with van der Waals surface area (Å²) in [5.74, 6) is 0. The van der Waals surface area contributed by atoms with Crippen molar-refractivity contribution in [1.82, 2.24) is 4.90 Å². The van der Waals surface area contributed by atoms with E-state index in [1.165, 1.54) is 0 Å². The SMILES string of the molecule is CCN(C(=S)S)C(C)C. The maximum atomic E-state index is 4.88. The number of nitrogens with zero attached hydrogens (tertiary/aromatic N) is 1. The third kappa shape index (κ3) is 3.06. The van der Waals surface area contributed by atoms with Crippen LogP contribution in [-0.2, 0) is 0 Å². The molecule has 0 atom stereocenters. The number of hydrogen-bond acceptors (Lipinski definition) is 1. The summed E-state index contributed by atoms with van der Waals surface area (Å²) in [5.41, 5.74) is 0. The molecule has 54 valence electrons. The van der Waals surface area contributed by atoms with E-state index in [0.717, 1.165) is 6.54 Å². The van der Waals surface area contributed by atoms with Crippen LogP contribution < -0.4 is 0 Å². The van der Waals surface area contributed by atoms with Crippen molar-refractivity contribution in [3.63, 3.8) is 0 Å². The maximum absolute atomic E-state index is 4.88. The standard InChI is InChI=1S/C6H13NS2/c1-4-7(5(2)3)6(8)9/h5H,4H2,1-3H3,(H,8,9). The van der Waals surface area contributed by atoms with Crippen LogP contribution in [0, 0.1) is 0 Å². The molecule has 0 heterocycles. The predicted octanol–water partition coefficient (Wildman–Crippen LogP) is 1.93. The Morgan fingerprint density at radius 2 is 2.11 bits per heavy atom. The second-order valence-corrected chi connectivity index (χ2v) is 3.28. The minimum Gasteiger partial charge on any atom is -0.356 e. The van der Waals surface area contributed by atoms with Crippen LogP contribution in [0.1, 0.15) is 20.8 Å². The molecule has 1 nitrogen and oxygen atoms in total. The van der Waals surface area contributed by atoms with Gasteiger partial charge in [0, 0.05) is 12.6 Å². The van der Waals surface area contributed by atoms with Crippen LogP contribution in [0.3, 0.4) is 0 Å². The molecule has 0 aliphatic carbocycles. The smallest absolute Gasteiger partial charge is 0.133 e. The number of thiocarbonyl (C=S) groups is 1. The predicted molar refractivity (Wildman–Crippen MR) is 49.1 cm³/mol. The van der Waals surface area contributed by atoms with Gasteiger partial charge in [-0.1, -0.05) is 12.2 Å². The van der Waals surface area contributed by atoms with Gasteiger partial charge in [0.25, 0.3) is 0 Å². The first kappa shape index (κ1) is 9.24. The first-order valence-electron chi connectivity index (χ1n) is 3.09. The highest BCUT2D eigenvalue weighted by Crippen LogP contribution is 2.01. The second kappa shape index (κ2) is 4.12. The molecule has 0 spiro atoms. The van der Waals surface area contributed by atoms with E-state index in [-0.39, 0.29) is 0 Å². The maximum Gasteiger partial charge on any atom is 0.133 e. The van der Waals surface area contributed by atoms with Gasteiger partial charge < -0.3 is 4.90 Å². The quantitative estimate of drug-likeness (QED) is 0.489. The fourth-order valence-corrected chi connectivity index (χ4v) is 1.43. The molecule has 0 aliphatic rings. The first-order chi connectivity index (χ1) is 4.09. The minimum atomic E-state index is 0.472. The van der Waals surface area contributed by atoms with Crippen LogP contribution in [0.2, 0.25) is 0 Å². The van der Waals surface area contributed by atoms with Crippen molar-refractivity contribution in [2.24, 2.45) is 0 Å². The normalized spacial score (nSPS) is 9.89. The molecule has 9 heavy (non-hydrogen) atoms. The zero-order chi connectivity index (χ0) is 7.44. The van der Waals surface area contributed by atoms with Crippen LogP contribution >= 0.6 is 24.8 Å². The third-order valence-electron chi connectivity index (χ3n) is 1.21. The van der Waals surface area contributed by atoms with Crippen molar-refractivity contribution in [1.29, 1.82) is 0 Å². The van der Waals surface area contributed by atoms with Gasteiger partial charge in [0.15, 0.2) is 0 Å². The summed E-state index contributed by atoms with van der Waals surface area (Å²) in [4.78, 5) is 2.05. The first-order valence-corrected chi connectivity index (χ1v) is 3.94. The van der Waals surface area contributed by atoms with Crippen LogP contribution in [0.5, 0.6) is 0 Å². The van der Waals surface area contributed by atoms with Gasteiger partial charge in [-0.25, -0.2) is 0 Å². The summed E-state index contributed by atoms with van der Waals surface area (Å²) in [6.07, 6.45) is 0. The molecule has 0 aliphatic heterocycles. The molecule has 0 aromatic carbocycles. The average molecular weight is 163 g/mol. The van der Waals surface area contributed by atoms with Gasteiger partial charge in [-0.3, -0.25) is 0 Å². The average Bonchev–Trinajstić information content (AvgIpc) is 1.64. The number of thiol groups is 1. The topological polar surface area (TPSA) is 3.24 Å². The highest BCUT2D eigenvalue weighted by Gasteiger charge is 2.05. The summed E-state index contributed by atoms with van der Waals surface area (Å²) < 4.78 is 0.688. The Kier molecular flexibility index (Phi) is 4.23. The summed E-state index contributed by atoms with van der Waals surface area (Å²) in [7, 11) is 0. The summed E-state index contributed by atoms with van der Waals surface area (Å²) in [6.45, 7) is 7.22. The molecule has 0 radical (unpaired) electrons. The molecule has 0 fully saturated rings. The largest absolute Gasteiger partial charge is 0.356 e. The lowest BCUT2D eigenvalue weighted by Crippen LogP contribution is -2.32. The van der Waals surface area contributed by atoms with Crippen molar-refractivity contribution < 1.29 is 0 Å². The van der Waals surface area contributed by atoms with Crippen molar-refractivity contribution in [2.45, 2.75) is 26.8 Å². The van der Waals surface area contributed by atoms with Crippen molar-refractivity contribution >= 4 is 29.2 Å². The molecule has 0 saturated carbocycles. The molecule has 0 bridgehead atoms. The van der Waals surface area contributed by atoms with Gasteiger partial charge in [-0.2, -0.15) is 0 Å². The molecule has 0 saturated heterocycles. The Hall–Kier alpha value is 0.240. The Morgan fingerprint density at radius 1 is 1.67 bits per heavy atom. The highest BCUT2D eigenvalue weighted by molar-refractivity contribution is 8.10. The molecule has 0 N–H and O–H groups in total. The van der Waals surface area contributed by atoms with Crippen LogP contribution in [0.25, 0.3) is 0 Å². The van der Waals surface area contributed by atoms with Gasteiger partial charge in [-0.15, -0.1) is 12.6 Å². The lowest BCUT2D eigenvalue weighted by Gasteiger charge is -2.24. The van der Waals surface area contributed by atoms with Gasteiger partial charge in [0.05, 0.1) is 0 Å². The minimum absolute atomic E-state index is 0.472. The van der Waals surface area contributed by atoms with Gasteiger partial charge in [-0.05, 0) is 20.8 Å². The van der Waals surface area contributed by atoms with E-state index >= 15 is 0 Å². The Balaban J connectivity index is 3.83. The van der Waals surface area contributed by atoms with Gasteiger partial charge in [0.1, 0.15) is 4.32 Å². The second-order valence-electron chi connectivity index (χ2n) is 2.16. The van der Waals surface area contributed by atoms with Crippen molar-refractivity contribution in [3.8, 4) is 0 Å². The summed E-state index contributed by atoms with van der Waals surface area (Å²) in [6, 6.07) is 0.472. The number of hydrogen-bond donors (Lipinski definition) is 1. The zero-order valence-corrected chi connectivity index (χ0v) is 7.80. The van der Waals surface area contributed by atoms with E-state index in [4.69, 9.17) is 12.2 Å². The Bertz CT molecular complexity index is 101. The van der Waals surface area contributed by atoms with Crippen molar-refractivity contribution in [3.05, 3.63) is 0 Å². The molecular formula is C6H13NS2. The van der Waals surface area contributed by atoms with Crippen LogP contribution in [0.4, 0.5) is 0 Å². The third-order valence-corrected chi connectivity index (χ3v) is 1.70. The molecular weight excluding hydrogens is 150 g/mol. The summed E-state index contributed by atoms with van der Waals surface area (Å²) >= 11 is 8.95. The fraction of sp³-hybridized carbons (Fsp3) is 0.833. The zero-order valence-electron chi connectivity index (χ0n) is 6.09. The van der Waals surface area contributed by atoms with E-state index in [9.17, 15) is 0 Å². The molecule has 0 amide bonds. The van der Waals surface area contributed by atoms with Gasteiger partial charge in [0.2, 0.25) is 0 Å². The molecule has 0 aromatic heterocycles. The summed E-state index contributed by atoms with van der Waals surface area (Å²) in [5, 5.41) is 0. The number of rotatable bonds is 2. The van der Waals surface area contributed by atoms with Crippen molar-refractivity contribution in [2.75, 3.05) is 6.54 Å². The Morgan fingerprint density at radius 3 is 2.11 bits per heavy atom. The molecule has 3 heteroatoms.